The molecular formula is C23H32N4O2. The van der Waals surface area contributed by atoms with Crippen molar-refractivity contribution in [2.24, 2.45) is 7.05 Å². The fraction of sp³-hybridized carbons (Fsp3) is 0.522. The third kappa shape index (κ3) is 4.13. The molecule has 0 aliphatic rings. The van der Waals surface area contributed by atoms with Crippen LogP contribution in [-0.2, 0) is 19.9 Å². The van der Waals surface area contributed by atoms with Crippen molar-refractivity contribution < 1.29 is 9.84 Å². The lowest BCUT2D eigenvalue weighted by atomic mass is 9.95. The van der Waals surface area contributed by atoms with Gasteiger partial charge in [-0.05, 0) is 44.6 Å². The average Bonchev–Trinajstić information content (AvgIpc) is 3.06. The molecule has 0 amide bonds. The van der Waals surface area contributed by atoms with Crippen molar-refractivity contribution in [1.82, 2.24) is 19.5 Å². The van der Waals surface area contributed by atoms with E-state index in [1.54, 1.807) is 0 Å². The number of hydrogen-bond acceptors (Lipinski definition) is 5. The second-order valence-corrected chi connectivity index (χ2v) is 7.29. The molecule has 3 heterocycles. The Bertz CT molecular complexity index is 981. The summed E-state index contributed by atoms with van der Waals surface area (Å²) in [5.74, 6) is 0.933. The van der Waals surface area contributed by atoms with Crippen LogP contribution < -0.4 is 4.74 Å². The van der Waals surface area contributed by atoms with E-state index in [0.717, 1.165) is 59.5 Å². The Hall–Kier alpha value is -2.47. The van der Waals surface area contributed by atoms with E-state index in [4.69, 9.17) is 14.7 Å². The van der Waals surface area contributed by atoms with E-state index in [-0.39, 0.29) is 12.5 Å². The van der Waals surface area contributed by atoms with Crippen LogP contribution in [0.1, 0.15) is 63.4 Å². The highest BCUT2D eigenvalue weighted by Crippen LogP contribution is 2.33. The zero-order chi connectivity index (χ0) is 21.0. The van der Waals surface area contributed by atoms with Gasteiger partial charge in [-0.2, -0.15) is 0 Å². The molecule has 0 fully saturated rings. The van der Waals surface area contributed by atoms with Gasteiger partial charge in [0.1, 0.15) is 5.52 Å². The van der Waals surface area contributed by atoms with Crippen molar-refractivity contribution >= 4 is 11.2 Å². The van der Waals surface area contributed by atoms with Crippen molar-refractivity contribution in [3.63, 3.8) is 0 Å². The Morgan fingerprint density at radius 2 is 1.79 bits per heavy atom. The predicted octanol–water partition coefficient (Wildman–Crippen LogP) is 4.43. The van der Waals surface area contributed by atoms with Gasteiger partial charge in [0.25, 0.3) is 0 Å². The van der Waals surface area contributed by atoms with Crippen LogP contribution in [-0.4, -0.2) is 37.8 Å². The molecule has 6 heteroatoms. The largest absolute Gasteiger partial charge is 0.478 e. The highest BCUT2D eigenvalue weighted by Gasteiger charge is 2.21. The summed E-state index contributed by atoms with van der Waals surface area (Å²) in [6.45, 7) is 9.10. The molecule has 0 spiro atoms. The molecule has 0 radical (unpaired) electrons. The molecule has 0 aliphatic heterocycles. The molecule has 6 nitrogen and oxygen atoms in total. The van der Waals surface area contributed by atoms with Crippen molar-refractivity contribution in [3.8, 4) is 17.1 Å². The molecule has 156 valence electrons. The summed E-state index contributed by atoms with van der Waals surface area (Å²) < 4.78 is 7.63. The van der Waals surface area contributed by atoms with E-state index >= 15 is 0 Å². The second kappa shape index (κ2) is 9.35. The van der Waals surface area contributed by atoms with Crippen molar-refractivity contribution in [2.75, 3.05) is 13.2 Å². The molecule has 0 saturated carbocycles. The van der Waals surface area contributed by atoms with Crippen LogP contribution in [0, 0.1) is 0 Å². The number of aryl methyl sites for hydroxylation is 3. The molecule has 0 saturated heterocycles. The van der Waals surface area contributed by atoms with E-state index in [1.807, 2.05) is 24.6 Å². The summed E-state index contributed by atoms with van der Waals surface area (Å²) in [4.78, 5) is 14.8. The maximum Gasteiger partial charge on any atom is 0.213 e. The van der Waals surface area contributed by atoms with Crippen molar-refractivity contribution in [1.29, 1.82) is 0 Å². The highest BCUT2D eigenvalue weighted by molar-refractivity contribution is 5.81. The Morgan fingerprint density at radius 1 is 1.03 bits per heavy atom. The first-order valence-corrected chi connectivity index (χ1v) is 10.7. The molecule has 1 N–H and O–H groups in total. The predicted molar refractivity (Wildman–Crippen MR) is 116 cm³/mol. The van der Waals surface area contributed by atoms with Gasteiger partial charge in [0.2, 0.25) is 5.88 Å². The molecule has 0 unspecified atom stereocenters. The number of ether oxygens (including phenoxy) is 1. The van der Waals surface area contributed by atoms with Gasteiger partial charge < -0.3 is 14.4 Å². The van der Waals surface area contributed by atoms with E-state index in [9.17, 15) is 5.11 Å². The third-order valence-corrected chi connectivity index (χ3v) is 5.47. The van der Waals surface area contributed by atoms with Gasteiger partial charge in [-0.3, -0.25) is 0 Å². The second-order valence-electron chi connectivity index (χ2n) is 7.29. The summed E-state index contributed by atoms with van der Waals surface area (Å²) in [5, 5.41) is 9.46. The number of nitrogens with zero attached hydrogens (tertiary/aromatic N) is 4. The average molecular weight is 397 g/mol. The number of fused-ring (bicyclic) bond motifs is 1. The minimum atomic E-state index is 0.179. The SMILES string of the molecule is CCOc1ccc(-c2nc3c(nc2CC)c([C@H](CC)CCO)cn3C)c(CC)n1. The Labute approximate surface area is 173 Å². The van der Waals surface area contributed by atoms with Gasteiger partial charge in [-0.15, -0.1) is 0 Å². The molecule has 3 aromatic heterocycles. The lowest BCUT2D eigenvalue weighted by Crippen LogP contribution is -2.05. The lowest BCUT2D eigenvalue weighted by molar-refractivity contribution is 0.274. The Kier molecular flexibility index (Phi) is 6.85. The third-order valence-electron chi connectivity index (χ3n) is 5.47. The molecule has 0 aromatic carbocycles. The van der Waals surface area contributed by atoms with Crippen molar-refractivity contribution in [2.45, 2.75) is 59.3 Å². The number of rotatable bonds is 9. The van der Waals surface area contributed by atoms with Gasteiger partial charge in [0.15, 0.2) is 5.65 Å². The number of aromatic nitrogens is 4. The van der Waals surface area contributed by atoms with Crippen LogP contribution in [0.4, 0.5) is 0 Å². The van der Waals surface area contributed by atoms with E-state index < -0.39 is 0 Å². The first kappa shape index (κ1) is 21.2. The molecule has 1 atom stereocenters. The van der Waals surface area contributed by atoms with Crippen LogP contribution >= 0.6 is 0 Å². The zero-order valence-corrected chi connectivity index (χ0v) is 18.2. The van der Waals surface area contributed by atoms with Crippen molar-refractivity contribution in [3.05, 3.63) is 35.3 Å². The van der Waals surface area contributed by atoms with Gasteiger partial charge in [0.05, 0.1) is 23.7 Å². The molecule has 3 aromatic rings. The molecular weight excluding hydrogens is 364 g/mol. The summed E-state index contributed by atoms with van der Waals surface area (Å²) in [7, 11) is 2.01. The van der Waals surface area contributed by atoms with E-state index in [2.05, 4.69) is 38.0 Å². The van der Waals surface area contributed by atoms with Crippen LogP contribution in [0.15, 0.2) is 18.3 Å². The van der Waals surface area contributed by atoms with E-state index in [1.165, 1.54) is 5.56 Å². The molecule has 0 aliphatic carbocycles. The van der Waals surface area contributed by atoms with Crippen LogP contribution in [0.2, 0.25) is 0 Å². The van der Waals surface area contributed by atoms with Gasteiger partial charge >= 0.3 is 0 Å². The fourth-order valence-electron chi connectivity index (χ4n) is 3.92. The molecule has 3 rings (SSSR count). The number of aliphatic hydroxyl groups excluding tert-OH is 1. The normalized spacial score (nSPS) is 12.5. The Morgan fingerprint density at radius 3 is 2.41 bits per heavy atom. The van der Waals surface area contributed by atoms with Gasteiger partial charge in [0, 0.05) is 37.0 Å². The fourth-order valence-corrected chi connectivity index (χ4v) is 3.92. The molecule has 0 bridgehead atoms. The van der Waals surface area contributed by atoms with E-state index in [0.29, 0.717) is 12.5 Å². The minimum absolute atomic E-state index is 0.179. The number of hydrogen-bond donors (Lipinski definition) is 1. The van der Waals surface area contributed by atoms with Gasteiger partial charge in [-0.1, -0.05) is 20.8 Å². The van der Waals surface area contributed by atoms with Crippen LogP contribution in [0.25, 0.3) is 22.4 Å². The summed E-state index contributed by atoms with van der Waals surface area (Å²) >= 11 is 0. The number of pyridine rings is 1. The van der Waals surface area contributed by atoms with Crippen LogP contribution in [0.5, 0.6) is 5.88 Å². The smallest absolute Gasteiger partial charge is 0.213 e. The summed E-state index contributed by atoms with van der Waals surface area (Å²) in [5.41, 5.74) is 6.87. The molecule has 29 heavy (non-hydrogen) atoms. The van der Waals surface area contributed by atoms with Gasteiger partial charge in [-0.25, -0.2) is 15.0 Å². The standard InChI is InChI=1S/C23H32N4O2/c1-6-15(12-13-28)17-14-27(5)23-22(17)25-19(8-3)21(26-23)16-10-11-20(29-9-4)24-18(16)7-2/h10-11,14-15,28H,6-9,12-13H2,1-5H3/t15-/m1/s1. The highest BCUT2D eigenvalue weighted by atomic mass is 16.5. The zero-order valence-electron chi connectivity index (χ0n) is 18.2. The maximum atomic E-state index is 9.46. The maximum absolute atomic E-state index is 9.46. The topological polar surface area (TPSA) is 73.1 Å². The first-order valence-electron chi connectivity index (χ1n) is 10.7. The quantitative estimate of drug-likeness (QED) is 0.579. The van der Waals surface area contributed by atoms with Crippen LogP contribution in [0.3, 0.4) is 0 Å². The Balaban J connectivity index is 2.19. The first-order chi connectivity index (χ1) is 14.1. The summed E-state index contributed by atoms with van der Waals surface area (Å²) in [6.07, 6.45) is 5.41. The monoisotopic (exact) mass is 396 g/mol. The summed E-state index contributed by atoms with van der Waals surface area (Å²) in [6, 6.07) is 3.96. The lowest BCUT2D eigenvalue weighted by Gasteiger charge is -2.14. The number of aliphatic hydroxyl groups is 1. The minimum Gasteiger partial charge on any atom is -0.478 e.